The molecule has 13 heteroatoms. The summed E-state index contributed by atoms with van der Waals surface area (Å²) in [6.45, 7) is 0. The second-order valence-electron chi connectivity index (χ2n) is 0.632. The molecule has 13 heavy (non-hydrogen) atoms. The van der Waals surface area contributed by atoms with Crippen molar-refractivity contribution in [2.24, 2.45) is 0 Å². The average molecular weight is 314 g/mol. The summed E-state index contributed by atoms with van der Waals surface area (Å²) in [4.78, 5) is 8.25. The summed E-state index contributed by atoms with van der Waals surface area (Å²) in [6.07, 6.45) is 0. The van der Waals surface area contributed by atoms with Crippen molar-refractivity contribution >= 4 is 124 Å². The third-order valence-corrected chi connectivity index (χ3v) is 0. The maximum Gasteiger partial charge on any atom is 2.00 e. The van der Waals surface area contributed by atoms with Gasteiger partial charge in [0.1, 0.15) is 0 Å². The van der Waals surface area contributed by atoms with Gasteiger partial charge in [-0.05, 0) is 0 Å². The van der Waals surface area contributed by atoms with Crippen LogP contribution in [0.4, 0.5) is 0 Å². The van der Waals surface area contributed by atoms with Crippen LogP contribution in [0.1, 0.15) is 0 Å². The fourth-order valence-corrected chi connectivity index (χ4v) is 0. The van der Waals surface area contributed by atoms with Crippen LogP contribution in [0.15, 0.2) is 0 Å². The van der Waals surface area contributed by atoms with Crippen LogP contribution in [0.2, 0.25) is 0 Å². The Morgan fingerprint density at radius 3 is 0.923 bits per heavy atom. The van der Waals surface area contributed by atoms with Crippen molar-refractivity contribution in [3.8, 4) is 0 Å². The molecule has 0 aromatic carbocycles. The molecule has 0 saturated heterocycles. The molecule has 0 aromatic heterocycles. The smallest absolute Gasteiger partial charge is 1.00 e. The van der Waals surface area contributed by atoms with Gasteiger partial charge in [0.2, 0.25) is 0 Å². The monoisotopic (exact) mass is 313 g/mol. The predicted molar refractivity (Wildman–Crippen MR) is 38.1 cm³/mol. The van der Waals surface area contributed by atoms with Gasteiger partial charge in [-0.3, -0.25) is 8.42 Å². The van der Waals surface area contributed by atoms with E-state index in [1.807, 2.05) is 0 Å². The van der Waals surface area contributed by atoms with E-state index in [9.17, 15) is 0 Å². The molecular formula is Ca3ClNO7S+2. The molecule has 0 heterocycles. The Bertz CT molecular complexity index is 166. The Kier molecular flexibility index (Phi) is 56.8. The molecule has 0 radical (unpaired) electrons. The van der Waals surface area contributed by atoms with Gasteiger partial charge in [0, 0.05) is 10.4 Å². The van der Waals surface area contributed by atoms with E-state index in [-0.39, 0.29) is 126 Å². The standard InChI is InChI=1S/3Ca.ClH.NO3.H2O4S/c;;;;2-1(3)4;1-5(2,3)4/h;;;1H;;(H2,1,2,3,4)/q3*+2;;-1;/p-3. The first kappa shape index (κ1) is 36.0. The van der Waals surface area contributed by atoms with Crippen LogP contribution in [0, 0.1) is 15.3 Å². The minimum Gasteiger partial charge on any atom is -1.00 e. The minimum absolute atomic E-state index is 0. The maximum atomic E-state index is 8.52. The summed E-state index contributed by atoms with van der Waals surface area (Å²) >= 11 is 0. The van der Waals surface area contributed by atoms with Crippen LogP contribution in [0.5, 0.6) is 0 Å². The summed E-state index contributed by atoms with van der Waals surface area (Å²) in [5.41, 5.74) is 0. The van der Waals surface area contributed by atoms with Crippen LogP contribution < -0.4 is 12.4 Å². The summed E-state index contributed by atoms with van der Waals surface area (Å²) in [7, 11) is -5.17. The van der Waals surface area contributed by atoms with Gasteiger partial charge in [0.25, 0.3) is 0 Å². The topological polar surface area (TPSA) is 146 Å². The molecule has 0 rings (SSSR count). The van der Waals surface area contributed by atoms with Crippen molar-refractivity contribution in [3.05, 3.63) is 15.3 Å². The van der Waals surface area contributed by atoms with Crippen LogP contribution >= 0.6 is 0 Å². The molecule has 0 atom stereocenters. The zero-order valence-corrected chi connectivity index (χ0v) is 14.4. The molecule has 0 spiro atoms. The first-order valence-electron chi connectivity index (χ1n) is 1.21. The van der Waals surface area contributed by atoms with Gasteiger partial charge in [0.05, 0.1) is 5.09 Å². The van der Waals surface area contributed by atoms with Gasteiger partial charge in [-0.25, -0.2) is 0 Å². The third kappa shape index (κ3) is 265. The molecule has 0 bridgehead atoms. The second-order valence-corrected chi connectivity index (χ2v) is 1.45. The molecule has 0 N–H and O–H groups in total. The molecule has 0 unspecified atom stereocenters. The SMILES string of the molecule is O=S(=O)([O-])[O-].O=[N+]([O-])[O-].[Ca+2].[Ca+2].[Ca+2].[Cl-]. The first-order chi connectivity index (χ1) is 3.73. The largest absolute Gasteiger partial charge is 2.00 e. The van der Waals surface area contributed by atoms with Crippen molar-refractivity contribution < 1.29 is 35.0 Å². The molecular weight excluding hydrogens is 314 g/mol. The van der Waals surface area contributed by atoms with Gasteiger partial charge < -0.3 is 36.8 Å². The number of rotatable bonds is 0. The predicted octanol–water partition coefficient (Wildman–Crippen LogP) is -5.72. The number of nitrogens with zero attached hydrogens (tertiary/aromatic N) is 1. The van der Waals surface area contributed by atoms with Crippen LogP contribution in [0.25, 0.3) is 0 Å². The van der Waals surface area contributed by atoms with Gasteiger partial charge in [-0.15, -0.1) is 0 Å². The Labute approximate surface area is 170 Å². The number of halogens is 1. The van der Waals surface area contributed by atoms with Gasteiger partial charge >= 0.3 is 113 Å². The fraction of sp³-hybridized carbons (Fsp3) is 0. The fourth-order valence-electron chi connectivity index (χ4n) is 0. The van der Waals surface area contributed by atoms with Gasteiger partial charge in [-0.1, -0.05) is 0 Å². The van der Waals surface area contributed by atoms with E-state index in [4.69, 9.17) is 32.8 Å². The Balaban J connectivity index is -0.0000000146. The summed E-state index contributed by atoms with van der Waals surface area (Å²) in [5.74, 6) is 0. The van der Waals surface area contributed by atoms with Crippen LogP contribution in [0.3, 0.4) is 0 Å². The van der Waals surface area contributed by atoms with Crippen molar-refractivity contribution in [3.63, 3.8) is 0 Å². The molecule has 0 aromatic rings. The Morgan fingerprint density at radius 2 is 0.923 bits per heavy atom. The zero-order valence-electron chi connectivity index (χ0n) is 6.21. The zero-order chi connectivity index (χ0) is 8.08. The quantitative estimate of drug-likeness (QED) is 0.142. The van der Waals surface area contributed by atoms with Crippen molar-refractivity contribution in [2.45, 2.75) is 0 Å². The van der Waals surface area contributed by atoms with E-state index in [0.29, 0.717) is 0 Å². The number of hydrogen-bond donors (Lipinski definition) is 0. The van der Waals surface area contributed by atoms with Crippen molar-refractivity contribution in [2.75, 3.05) is 0 Å². The minimum atomic E-state index is -5.17. The average Bonchev–Trinajstić information content (AvgIpc) is 1.19. The molecule has 0 aliphatic heterocycles. The van der Waals surface area contributed by atoms with Crippen molar-refractivity contribution in [1.29, 1.82) is 0 Å². The summed E-state index contributed by atoms with van der Waals surface area (Å²) in [6, 6.07) is 0. The Hall–Kier alpha value is 3.14. The second kappa shape index (κ2) is 20.5. The maximum absolute atomic E-state index is 8.52. The van der Waals surface area contributed by atoms with Crippen molar-refractivity contribution in [1.82, 2.24) is 0 Å². The van der Waals surface area contributed by atoms with Crippen LogP contribution in [-0.4, -0.2) is 136 Å². The summed E-state index contributed by atoms with van der Waals surface area (Å²) in [5, 5.41) is 14.8. The molecule has 0 fully saturated rings. The van der Waals surface area contributed by atoms with Gasteiger partial charge in [0.15, 0.2) is 0 Å². The molecule has 0 aliphatic carbocycles. The van der Waals surface area contributed by atoms with Gasteiger partial charge in [-0.2, -0.15) is 0 Å². The van der Waals surface area contributed by atoms with E-state index in [1.54, 1.807) is 0 Å². The van der Waals surface area contributed by atoms with E-state index in [1.165, 1.54) is 0 Å². The molecule has 8 nitrogen and oxygen atoms in total. The molecule has 64 valence electrons. The first-order valence-corrected chi connectivity index (χ1v) is 2.55. The Morgan fingerprint density at radius 1 is 0.923 bits per heavy atom. The molecule has 0 aliphatic rings. The van der Waals surface area contributed by atoms with E-state index >= 15 is 0 Å². The third-order valence-electron chi connectivity index (χ3n) is 0. The molecule has 0 amide bonds. The molecule has 0 saturated carbocycles. The van der Waals surface area contributed by atoms with E-state index in [0.717, 1.165) is 0 Å². The number of hydrogen-bond acceptors (Lipinski definition) is 7. The van der Waals surface area contributed by atoms with Crippen LogP contribution in [-0.2, 0) is 10.4 Å². The normalized spacial score (nSPS) is 6.31. The van der Waals surface area contributed by atoms with E-state index < -0.39 is 15.5 Å². The summed E-state index contributed by atoms with van der Waals surface area (Å²) < 4.78 is 34.1. The van der Waals surface area contributed by atoms with E-state index in [2.05, 4.69) is 0 Å².